The molecule has 0 unspecified atom stereocenters. The van der Waals surface area contributed by atoms with Crippen LogP contribution in [0, 0.1) is 0 Å². The molecule has 1 rings (SSSR count). The highest BCUT2D eigenvalue weighted by molar-refractivity contribution is 6.42. The van der Waals surface area contributed by atoms with Crippen LogP contribution >= 0.6 is 23.2 Å². The van der Waals surface area contributed by atoms with Crippen LogP contribution in [0.4, 0.5) is 0 Å². The highest BCUT2D eigenvalue weighted by Gasteiger charge is 2.07. The third-order valence-corrected chi connectivity index (χ3v) is 3.24. The zero-order chi connectivity index (χ0) is 12.0. The van der Waals surface area contributed by atoms with Gasteiger partial charge in [0.25, 0.3) is 0 Å². The summed E-state index contributed by atoms with van der Waals surface area (Å²) in [5.41, 5.74) is 0.658. The quantitative estimate of drug-likeness (QED) is 0.510. The smallest absolute Gasteiger partial charge is 0.162 e. The summed E-state index contributed by atoms with van der Waals surface area (Å²) in [6, 6.07) is 5.05. The predicted molar refractivity (Wildman–Crippen MR) is 69.6 cm³/mol. The van der Waals surface area contributed by atoms with Crippen molar-refractivity contribution in [1.82, 2.24) is 0 Å². The fourth-order valence-corrected chi connectivity index (χ4v) is 1.82. The van der Waals surface area contributed by atoms with Gasteiger partial charge in [0.1, 0.15) is 0 Å². The zero-order valence-electron chi connectivity index (χ0n) is 9.43. The summed E-state index contributed by atoms with van der Waals surface area (Å²) in [5.74, 6) is 0.148. The van der Waals surface area contributed by atoms with Crippen molar-refractivity contribution in [2.24, 2.45) is 0 Å². The lowest BCUT2D eigenvalue weighted by atomic mass is 10.0. The molecule has 1 aromatic rings. The first-order chi connectivity index (χ1) is 7.65. The van der Waals surface area contributed by atoms with Crippen LogP contribution < -0.4 is 0 Å². The average molecular weight is 259 g/mol. The summed E-state index contributed by atoms with van der Waals surface area (Å²) >= 11 is 11.6. The van der Waals surface area contributed by atoms with Gasteiger partial charge in [-0.1, -0.05) is 49.4 Å². The number of hydrogen-bond donors (Lipinski definition) is 0. The maximum atomic E-state index is 11.8. The van der Waals surface area contributed by atoms with Gasteiger partial charge in [-0.15, -0.1) is 0 Å². The number of Topliss-reactive ketones (excluding diaryl/α,β-unsaturated/α-hetero) is 1. The molecule has 0 aliphatic carbocycles. The molecule has 1 aromatic carbocycles. The second-order valence-corrected chi connectivity index (χ2v) is 4.68. The lowest BCUT2D eigenvalue weighted by Crippen LogP contribution is -1.98. The number of halogens is 2. The van der Waals surface area contributed by atoms with Crippen LogP contribution in [0.1, 0.15) is 49.4 Å². The van der Waals surface area contributed by atoms with Crippen LogP contribution in [0.3, 0.4) is 0 Å². The van der Waals surface area contributed by atoms with E-state index in [4.69, 9.17) is 23.2 Å². The molecule has 0 N–H and O–H groups in total. The Kier molecular flexibility index (Phi) is 5.86. The van der Waals surface area contributed by atoms with Crippen LogP contribution in [0.15, 0.2) is 18.2 Å². The lowest BCUT2D eigenvalue weighted by Gasteiger charge is -2.02. The maximum absolute atomic E-state index is 11.8. The first-order valence-electron chi connectivity index (χ1n) is 5.63. The molecular formula is C13H16Cl2O. The Balaban J connectivity index is 2.50. The maximum Gasteiger partial charge on any atom is 0.162 e. The molecule has 0 saturated heterocycles. The SMILES string of the molecule is CCCCCCC(=O)c1ccc(Cl)c(Cl)c1. The van der Waals surface area contributed by atoms with Gasteiger partial charge in [-0.3, -0.25) is 4.79 Å². The minimum absolute atomic E-state index is 0.148. The Hall–Kier alpha value is -0.530. The van der Waals surface area contributed by atoms with Gasteiger partial charge in [0.2, 0.25) is 0 Å². The Morgan fingerprint density at radius 2 is 1.88 bits per heavy atom. The van der Waals surface area contributed by atoms with E-state index in [0.29, 0.717) is 22.0 Å². The van der Waals surface area contributed by atoms with E-state index in [2.05, 4.69) is 6.92 Å². The van der Waals surface area contributed by atoms with Crippen molar-refractivity contribution in [2.45, 2.75) is 39.0 Å². The van der Waals surface area contributed by atoms with Gasteiger partial charge in [0.15, 0.2) is 5.78 Å². The van der Waals surface area contributed by atoms with E-state index >= 15 is 0 Å². The Labute approximate surface area is 107 Å². The topological polar surface area (TPSA) is 17.1 Å². The highest BCUT2D eigenvalue weighted by Crippen LogP contribution is 2.23. The summed E-state index contributed by atoms with van der Waals surface area (Å²) in [5, 5.41) is 0.935. The molecule has 0 fully saturated rings. The van der Waals surface area contributed by atoms with E-state index in [9.17, 15) is 4.79 Å². The van der Waals surface area contributed by atoms with Gasteiger partial charge in [-0.2, -0.15) is 0 Å². The number of hydrogen-bond acceptors (Lipinski definition) is 1. The number of ketones is 1. The van der Waals surface area contributed by atoms with Crippen LogP contribution in [0.25, 0.3) is 0 Å². The molecule has 0 bridgehead atoms. The Morgan fingerprint density at radius 3 is 2.50 bits per heavy atom. The Morgan fingerprint density at radius 1 is 1.12 bits per heavy atom. The van der Waals surface area contributed by atoms with Gasteiger partial charge in [0, 0.05) is 12.0 Å². The van der Waals surface area contributed by atoms with Crippen molar-refractivity contribution in [3.8, 4) is 0 Å². The molecule has 0 heterocycles. The van der Waals surface area contributed by atoms with E-state index in [1.807, 2.05) is 0 Å². The summed E-state index contributed by atoms with van der Waals surface area (Å²) in [7, 11) is 0. The highest BCUT2D eigenvalue weighted by atomic mass is 35.5. The molecule has 0 aliphatic heterocycles. The number of benzene rings is 1. The Bertz CT molecular complexity index is 361. The van der Waals surface area contributed by atoms with Crippen molar-refractivity contribution >= 4 is 29.0 Å². The second-order valence-electron chi connectivity index (χ2n) is 3.86. The molecule has 0 saturated carbocycles. The van der Waals surface area contributed by atoms with Crippen molar-refractivity contribution in [1.29, 1.82) is 0 Å². The number of unbranched alkanes of at least 4 members (excludes halogenated alkanes) is 3. The standard InChI is InChI=1S/C13H16Cl2O/c1-2-3-4-5-6-13(16)10-7-8-11(14)12(15)9-10/h7-9H,2-6H2,1H3. The molecular weight excluding hydrogens is 243 g/mol. The molecule has 0 aromatic heterocycles. The fraction of sp³-hybridized carbons (Fsp3) is 0.462. The first-order valence-corrected chi connectivity index (χ1v) is 6.39. The van der Waals surface area contributed by atoms with E-state index in [0.717, 1.165) is 12.8 Å². The van der Waals surface area contributed by atoms with Gasteiger partial charge in [-0.25, -0.2) is 0 Å². The van der Waals surface area contributed by atoms with E-state index < -0.39 is 0 Å². The summed E-state index contributed by atoms with van der Waals surface area (Å²) in [4.78, 5) is 11.8. The monoisotopic (exact) mass is 258 g/mol. The van der Waals surface area contributed by atoms with Gasteiger partial charge >= 0.3 is 0 Å². The molecule has 88 valence electrons. The number of carbonyl (C=O) groups is 1. The van der Waals surface area contributed by atoms with Crippen LogP contribution in [-0.2, 0) is 0 Å². The third-order valence-electron chi connectivity index (χ3n) is 2.50. The molecule has 3 heteroatoms. The van der Waals surface area contributed by atoms with Crippen molar-refractivity contribution in [3.05, 3.63) is 33.8 Å². The molecule has 0 amide bonds. The van der Waals surface area contributed by atoms with Gasteiger partial charge < -0.3 is 0 Å². The predicted octanol–water partition coefficient (Wildman–Crippen LogP) is 5.15. The molecule has 0 radical (unpaired) electrons. The third kappa shape index (κ3) is 4.15. The zero-order valence-corrected chi connectivity index (χ0v) is 10.9. The van der Waals surface area contributed by atoms with Crippen molar-refractivity contribution in [2.75, 3.05) is 0 Å². The van der Waals surface area contributed by atoms with Crippen molar-refractivity contribution in [3.63, 3.8) is 0 Å². The molecule has 16 heavy (non-hydrogen) atoms. The first kappa shape index (κ1) is 13.5. The number of carbonyl (C=O) groups excluding carboxylic acids is 1. The van der Waals surface area contributed by atoms with Crippen molar-refractivity contribution < 1.29 is 4.79 Å². The lowest BCUT2D eigenvalue weighted by molar-refractivity contribution is 0.0979. The van der Waals surface area contributed by atoms with Crippen LogP contribution in [0.5, 0.6) is 0 Å². The summed E-state index contributed by atoms with van der Waals surface area (Å²) < 4.78 is 0. The molecule has 1 nitrogen and oxygen atoms in total. The minimum atomic E-state index is 0.148. The normalized spacial score (nSPS) is 10.4. The molecule has 0 spiro atoms. The average Bonchev–Trinajstić information content (AvgIpc) is 2.28. The van der Waals surface area contributed by atoms with Crippen LogP contribution in [0.2, 0.25) is 10.0 Å². The van der Waals surface area contributed by atoms with Gasteiger partial charge in [0.05, 0.1) is 10.0 Å². The van der Waals surface area contributed by atoms with E-state index in [-0.39, 0.29) is 5.78 Å². The summed E-state index contributed by atoms with van der Waals surface area (Å²) in [6.45, 7) is 2.15. The van der Waals surface area contributed by atoms with Gasteiger partial charge in [-0.05, 0) is 24.6 Å². The second kappa shape index (κ2) is 6.93. The molecule has 0 aliphatic rings. The number of rotatable bonds is 6. The van der Waals surface area contributed by atoms with E-state index in [1.165, 1.54) is 12.8 Å². The van der Waals surface area contributed by atoms with Crippen LogP contribution in [-0.4, -0.2) is 5.78 Å². The molecule has 0 atom stereocenters. The van der Waals surface area contributed by atoms with E-state index in [1.54, 1.807) is 18.2 Å². The summed E-state index contributed by atoms with van der Waals surface area (Å²) in [6.07, 6.45) is 5.03. The minimum Gasteiger partial charge on any atom is -0.294 e. The largest absolute Gasteiger partial charge is 0.294 e. The fourth-order valence-electron chi connectivity index (χ4n) is 1.53.